The zero-order chi connectivity index (χ0) is 21.6. The van der Waals surface area contributed by atoms with E-state index in [-0.39, 0.29) is 18.5 Å². The van der Waals surface area contributed by atoms with Crippen LogP contribution < -0.4 is 15.5 Å². The van der Waals surface area contributed by atoms with Crippen LogP contribution >= 0.6 is 0 Å². The van der Waals surface area contributed by atoms with Gasteiger partial charge in [-0.15, -0.1) is 0 Å². The fourth-order valence-electron chi connectivity index (χ4n) is 4.14. The van der Waals surface area contributed by atoms with Crippen molar-refractivity contribution in [1.29, 1.82) is 0 Å². The van der Waals surface area contributed by atoms with Crippen molar-refractivity contribution in [3.63, 3.8) is 0 Å². The molecule has 4 rings (SSSR count). The number of rotatable bonds is 8. The number of nitrogens with one attached hydrogen (secondary N) is 2. The topological polar surface area (TPSA) is 75.1 Å². The number of benzene rings is 1. The number of hydrogen-bond acceptors (Lipinski definition) is 5. The third kappa shape index (κ3) is 4.94. The highest BCUT2D eigenvalue weighted by molar-refractivity contribution is 5.97. The summed E-state index contributed by atoms with van der Waals surface area (Å²) in [5.74, 6) is 0.0314. The number of anilines is 2. The van der Waals surface area contributed by atoms with Gasteiger partial charge >= 0.3 is 0 Å². The van der Waals surface area contributed by atoms with Crippen molar-refractivity contribution in [3.8, 4) is 0 Å². The predicted molar refractivity (Wildman–Crippen MR) is 123 cm³/mol. The lowest BCUT2D eigenvalue weighted by molar-refractivity contribution is -0.117. The molecule has 1 atom stereocenters. The quantitative estimate of drug-likeness (QED) is 0.588. The zero-order valence-corrected chi connectivity index (χ0v) is 18.2. The first-order valence-electron chi connectivity index (χ1n) is 10.9. The van der Waals surface area contributed by atoms with Crippen molar-refractivity contribution in [2.24, 2.45) is 7.05 Å². The smallest absolute Gasteiger partial charge is 0.240 e. The van der Waals surface area contributed by atoms with Gasteiger partial charge in [0.05, 0.1) is 36.0 Å². The van der Waals surface area contributed by atoms with Crippen molar-refractivity contribution in [2.75, 3.05) is 30.4 Å². The molecular weight excluding hydrogens is 388 g/mol. The number of imidazole rings is 1. The average molecular weight is 419 g/mol. The summed E-state index contributed by atoms with van der Waals surface area (Å²) in [7, 11) is 3.83. The maximum absolute atomic E-state index is 13.0. The summed E-state index contributed by atoms with van der Waals surface area (Å²) in [5, 5.41) is 6.90. The molecule has 0 bridgehead atoms. The van der Waals surface area contributed by atoms with Crippen LogP contribution in [0.4, 0.5) is 11.4 Å². The second-order valence-corrected chi connectivity index (χ2v) is 8.02. The third-order valence-electron chi connectivity index (χ3n) is 5.95. The minimum Gasteiger partial charge on any atom is -0.383 e. The molecule has 0 spiro atoms. The Bertz CT molecular complexity index is 1030. The normalized spacial score (nSPS) is 15.4. The lowest BCUT2D eigenvalue weighted by atomic mass is 9.92. The number of likely N-dealkylation sites (N-methyl/N-ethyl adjacent to an activating group) is 1. The number of carbonyl (C=O) groups is 1. The van der Waals surface area contributed by atoms with E-state index in [1.54, 1.807) is 4.90 Å². The number of fused-ring (bicyclic) bond motifs is 1. The summed E-state index contributed by atoms with van der Waals surface area (Å²) >= 11 is 0. The molecule has 2 heterocycles. The largest absolute Gasteiger partial charge is 0.383 e. The summed E-state index contributed by atoms with van der Waals surface area (Å²) in [4.78, 5) is 23.4. The van der Waals surface area contributed by atoms with Crippen LogP contribution in [0.25, 0.3) is 0 Å². The maximum Gasteiger partial charge on any atom is 0.240 e. The third-order valence-corrected chi connectivity index (χ3v) is 5.95. The molecule has 1 aliphatic rings. The Labute approximate surface area is 183 Å². The number of amides is 1. The van der Waals surface area contributed by atoms with Crippen LogP contribution in [-0.4, -0.2) is 40.6 Å². The van der Waals surface area contributed by atoms with E-state index in [1.165, 1.54) is 11.3 Å². The minimum absolute atomic E-state index is 0.0314. The second-order valence-electron chi connectivity index (χ2n) is 8.02. The molecule has 162 valence electrons. The van der Waals surface area contributed by atoms with Crippen LogP contribution in [0.5, 0.6) is 0 Å². The molecule has 1 aromatic carbocycles. The van der Waals surface area contributed by atoms with Crippen molar-refractivity contribution in [3.05, 3.63) is 72.1 Å². The van der Waals surface area contributed by atoms with Gasteiger partial charge < -0.3 is 20.1 Å². The molecule has 2 N–H and O–H groups in total. The number of hydrogen-bond donors (Lipinski definition) is 2. The van der Waals surface area contributed by atoms with Crippen LogP contribution in [0.1, 0.15) is 35.8 Å². The second kappa shape index (κ2) is 9.75. The van der Waals surface area contributed by atoms with Gasteiger partial charge in [0.25, 0.3) is 0 Å². The number of aromatic nitrogens is 3. The van der Waals surface area contributed by atoms with Gasteiger partial charge in [-0.25, -0.2) is 4.98 Å². The summed E-state index contributed by atoms with van der Waals surface area (Å²) in [6.07, 6.45) is 9.57. The van der Waals surface area contributed by atoms with Crippen LogP contribution in [0, 0.1) is 0 Å². The monoisotopic (exact) mass is 418 g/mol. The molecule has 1 unspecified atom stereocenters. The Kier molecular flexibility index (Phi) is 6.62. The molecule has 7 heteroatoms. The first-order valence-corrected chi connectivity index (χ1v) is 10.9. The Morgan fingerprint density at radius 3 is 2.97 bits per heavy atom. The Morgan fingerprint density at radius 1 is 1.26 bits per heavy atom. The van der Waals surface area contributed by atoms with Gasteiger partial charge in [0.1, 0.15) is 0 Å². The number of para-hydroxylation sites is 2. The maximum atomic E-state index is 13.0. The number of aryl methyl sites for hydroxylation is 2. The predicted octanol–water partition coefficient (Wildman–Crippen LogP) is 3.10. The fraction of sp³-hybridized carbons (Fsp3) is 0.375. The molecule has 0 saturated carbocycles. The lowest BCUT2D eigenvalue weighted by Crippen LogP contribution is -2.38. The van der Waals surface area contributed by atoms with Crippen LogP contribution in [0.2, 0.25) is 0 Å². The van der Waals surface area contributed by atoms with Crippen molar-refractivity contribution < 1.29 is 4.79 Å². The number of carbonyl (C=O) groups excluding carboxylic acids is 1. The molecule has 0 aliphatic heterocycles. The van der Waals surface area contributed by atoms with E-state index in [2.05, 4.69) is 26.7 Å². The molecule has 1 amide bonds. The van der Waals surface area contributed by atoms with Gasteiger partial charge in [0.2, 0.25) is 5.91 Å². The Hall–Kier alpha value is -3.19. The van der Waals surface area contributed by atoms with Crippen molar-refractivity contribution in [1.82, 2.24) is 19.9 Å². The van der Waals surface area contributed by atoms with E-state index in [0.29, 0.717) is 0 Å². The lowest BCUT2D eigenvalue weighted by Gasteiger charge is -2.27. The van der Waals surface area contributed by atoms with E-state index in [4.69, 9.17) is 0 Å². The fourth-order valence-corrected chi connectivity index (χ4v) is 4.14. The first kappa shape index (κ1) is 21.1. The summed E-state index contributed by atoms with van der Waals surface area (Å²) in [5.41, 5.74) is 5.36. The molecule has 0 saturated heterocycles. The molecule has 2 aromatic heterocycles. The van der Waals surface area contributed by atoms with E-state index in [9.17, 15) is 4.79 Å². The minimum atomic E-state index is 0.0314. The zero-order valence-electron chi connectivity index (χ0n) is 18.2. The van der Waals surface area contributed by atoms with Gasteiger partial charge in [-0.1, -0.05) is 18.2 Å². The Balaban J connectivity index is 1.36. The number of nitrogens with zero attached hydrogens (tertiary/aromatic N) is 4. The Morgan fingerprint density at radius 2 is 2.13 bits per heavy atom. The van der Waals surface area contributed by atoms with Gasteiger partial charge in [-0.05, 0) is 43.0 Å². The van der Waals surface area contributed by atoms with Gasteiger partial charge in [0.15, 0.2) is 0 Å². The van der Waals surface area contributed by atoms with Crippen LogP contribution in [-0.2, 0) is 24.7 Å². The highest BCUT2D eigenvalue weighted by Crippen LogP contribution is 2.28. The highest BCUT2D eigenvalue weighted by atomic mass is 16.2. The van der Waals surface area contributed by atoms with Crippen LogP contribution in [0.3, 0.4) is 0 Å². The van der Waals surface area contributed by atoms with Crippen molar-refractivity contribution in [2.45, 2.75) is 31.7 Å². The van der Waals surface area contributed by atoms with Gasteiger partial charge in [-0.3, -0.25) is 9.78 Å². The SMILES string of the molecule is CN(C(=O)CNC1CCCc2cccnc21)c1ccccc1NCCc1cncn1C. The first-order chi connectivity index (χ1) is 15.1. The molecular formula is C24H30N6O. The molecule has 7 nitrogen and oxygen atoms in total. The van der Waals surface area contributed by atoms with Crippen molar-refractivity contribution >= 4 is 17.3 Å². The molecule has 31 heavy (non-hydrogen) atoms. The molecule has 0 radical (unpaired) electrons. The summed E-state index contributed by atoms with van der Waals surface area (Å²) in [6, 6.07) is 12.2. The standard InChI is InChI=1S/C24H30N6O/c1-29-17-25-15-19(29)12-14-26-20-9-3-4-11-22(20)30(2)23(31)16-28-21-10-5-7-18-8-6-13-27-24(18)21/h3-4,6,8-9,11,13,15,17,21,26,28H,5,7,10,12,14,16H2,1-2H3. The van der Waals surface area contributed by atoms with E-state index in [1.807, 2.05) is 67.7 Å². The molecule has 0 fully saturated rings. The van der Waals surface area contributed by atoms with E-state index < -0.39 is 0 Å². The average Bonchev–Trinajstić information content (AvgIpc) is 3.22. The molecule has 1 aliphatic carbocycles. The van der Waals surface area contributed by atoms with E-state index in [0.717, 1.165) is 49.3 Å². The van der Waals surface area contributed by atoms with Crippen LogP contribution in [0.15, 0.2) is 55.1 Å². The van der Waals surface area contributed by atoms with Gasteiger partial charge in [0, 0.05) is 45.1 Å². The van der Waals surface area contributed by atoms with Gasteiger partial charge in [-0.2, -0.15) is 0 Å². The summed E-state index contributed by atoms with van der Waals surface area (Å²) in [6.45, 7) is 1.04. The van der Waals surface area contributed by atoms with E-state index >= 15 is 0 Å². The summed E-state index contributed by atoms with van der Waals surface area (Å²) < 4.78 is 2.02. The highest BCUT2D eigenvalue weighted by Gasteiger charge is 2.22. The number of pyridine rings is 1. The molecule has 3 aromatic rings.